The minimum atomic E-state index is -0.173. The Bertz CT molecular complexity index is 409. The van der Waals surface area contributed by atoms with E-state index in [9.17, 15) is 4.79 Å². The molecule has 0 aromatic rings. The maximum atomic E-state index is 11.7. The van der Waals surface area contributed by atoms with E-state index in [1.807, 2.05) is 0 Å². The predicted molar refractivity (Wildman–Crippen MR) is 66.3 cm³/mol. The molecule has 3 aliphatic rings. The van der Waals surface area contributed by atoms with Crippen LogP contribution < -0.4 is 0 Å². The second-order valence-corrected chi connectivity index (χ2v) is 5.93. The Hall–Kier alpha value is -1.05. The van der Waals surface area contributed by atoms with Crippen molar-refractivity contribution in [3.8, 4) is 0 Å². The van der Waals surface area contributed by atoms with E-state index < -0.39 is 0 Å². The van der Waals surface area contributed by atoms with Crippen LogP contribution in [0.3, 0.4) is 0 Å². The molecule has 3 rings (SSSR count). The summed E-state index contributed by atoms with van der Waals surface area (Å²) in [6, 6.07) is 0. The number of ether oxygens (including phenoxy) is 1. The lowest BCUT2D eigenvalue weighted by Crippen LogP contribution is -2.45. The monoisotopic (exact) mass is 232 g/mol. The number of rotatable bonds is 0. The second-order valence-electron chi connectivity index (χ2n) is 5.93. The molecule has 1 spiro atoms. The fourth-order valence-corrected chi connectivity index (χ4v) is 4.31. The topological polar surface area (TPSA) is 26.3 Å². The maximum Gasteiger partial charge on any atom is 0.334 e. The highest BCUT2D eigenvalue weighted by Gasteiger charge is 2.58. The highest BCUT2D eigenvalue weighted by atomic mass is 16.6. The van der Waals surface area contributed by atoms with Crippen molar-refractivity contribution in [2.24, 2.45) is 17.3 Å². The van der Waals surface area contributed by atoms with E-state index in [1.54, 1.807) is 0 Å². The van der Waals surface area contributed by atoms with E-state index in [-0.39, 0.29) is 23.4 Å². The molecule has 2 saturated carbocycles. The summed E-state index contributed by atoms with van der Waals surface area (Å²) in [4.78, 5) is 11.7. The molecule has 0 bridgehead atoms. The highest BCUT2D eigenvalue weighted by Crippen LogP contribution is 2.60. The molecule has 0 amide bonds. The van der Waals surface area contributed by atoms with E-state index in [0.717, 1.165) is 19.3 Å². The first-order chi connectivity index (χ1) is 8.07. The molecular formula is C15H20O2. The van der Waals surface area contributed by atoms with Crippen LogP contribution in [0.4, 0.5) is 0 Å². The number of hydrogen-bond donors (Lipinski definition) is 0. The fraction of sp³-hybridized carbons (Fsp3) is 0.667. The van der Waals surface area contributed by atoms with Crippen molar-refractivity contribution in [3.63, 3.8) is 0 Å². The van der Waals surface area contributed by atoms with Crippen LogP contribution in [-0.2, 0) is 9.53 Å². The van der Waals surface area contributed by atoms with Crippen LogP contribution in [0.2, 0.25) is 0 Å². The Labute approximate surface area is 103 Å². The normalized spacial score (nSPS) is 45.2. The Morgan fingerprint density at radius 2 is 2.12 bits per heavy atom. The van der Waals surface area contributed by atoms with Crippen molar-refractivity contribution in [1.29, 1.82) is 0 Å². The molecule has 0 radical (unpaired) electrons. The quantitative estimate of drug-likeness (QED) is 0.364. The van der Waals surface area contributed by atoms with Crippen LogP contribution in [-0.4, -0.2) is 12.1 Å². The van der Waals surface area contributed by atoms with Crippen LogP contribution >= 0.6 is 0 Å². The van der Waals surface area contributed by atoms with Gasteiger partial charge in [0.15, 0.2) is 0 Å². The van der Waals surface area contributed by atoms with E-state index in [2.05, 4.69) is 20.1 Å². The van der Waals surface area contributed by atoms with Crippen molar-refractivity contribution in [3.05, 3.63) is 24.3 Å². The average molecular weight is 232 g/mol. The summed E-state index contributed by atoms with van der Waals surface area (Å²) < 4.78 is 5.66. The zero-order valence-corrected chi connectivity index (χ0v) is 10.5. The molecule has 0 aromatic heterocycles. The van der Waals surface area contributed by atoms with E-state index in [0.29, 0.717) is 11.5 Å². The number of esters is 1. The van der Waals surface area contributed by atoms with Crippen LogP contribution in [0, 0.1) is 17.3 Å². The Balaban J connectivity index is 2.04. The lowest BCUT2D eigenvalue weighted by Gasteiger charge is -2.46. The van der Waals surface area contributed by atoms with Gasteiger partial charge in [-0.1, -0.05) is 32.1 Å². The summed E-state index contributed by atoms with van der Waals surface area (Å²) in [6.45, 7) is 10.5. The molecule has 1 heterocycles. The van der Waals surface area contributed by atoms with Crippen molar-refractivity contribution in [2.75, 3.05) is 0 Å². The zero-order chi connectivity index (χ0) is 12.2. The van der Waals surface area contributed by atoms with Crippen molar-refractivity contribution >= 4 is 5.97 Å². The number of fused-ring (bicyclic) bond motifs is 2. The third kappa shape index (κ3) is 1.24. The zero-order valence-electron chi connectivity index (χ0n) is 10.5. The summed E-state index contributed by atoms with van der Waals surface area (Å²) in [5.74, 6) is 0.656. The molecule has 3 fully saturated rings. The molecule has 0 unspecified atom stereocenters. The molecule has 17 heavy (non-hydrogen) atoms. The molecule has 1 aliphatic heterocycles. The predicted octanol–water partition coefficient (Wildman–Crippen LogP) is 3.24. The summed E-state index contributed by atoms with van der Waals surface area (Å²) in [6.07, 6.45) is 5.64. The minimum absolute atomic E-state index is 0.0289. The van der Waals surface area contributed by atoms with Gasteiger partial charge in [0.2, 0.25) is 0 Å². The third-order valence-corrected chi connectivity index (χ3v) is 5.34. The van der Waals surface area contributed by atoms with Crippen LogP contribution in [0.15, 0.2) is 24.3 Å². The Morgan fingerprint density at radius 1 is 1.35 bits per heavy atom. The largest absolute Gasteiger partial charge is 0.457 e. The smallest absolute Gasteiger partial charge is 0.334 e. The fourth-order valence-electron chi connectivity index (χ4n) is 4.31. The molecule has 92 valence electrons. The average Bonchev–Trinajstić information content (AvgIpc) is 2.80. The molecule has 2 nitrogen and oxygen atoms in total. The highest BCUT2D eigenvalue weighted by molar-refractivity contribution is 5.91. The van der Waals surface area contributed by atoms with Crippen LogP contribution in [0.1, 0.15) is 39.0 Å². The maximum absolute atomic E-state index is 11.7. The van der Waals surface area contributed by atoms with Gasteiger partial charge >= 0.3 is 5.97 Å². The van der Waals surface area contributed by atoms with E-state index in [1.165, 1.54) is 18.4 Å². The van der Waals surface area contributed by atoms with Crippen molar-refractivity contribution in [1.82, 2.24) is 0 Å². The minimum Gasteiger partial charge on any atom is -0.457 e. The molecular weight excluding hydrogens is 212 g/mol. The van der Waals surface area contributed by atoms with Gasteiger partial charge in [-0.2, -0.15) is 0 Å². The molecule has 2 aliphatic carbocycles. The molecule has 2 heteroatoms. The third-order valence-electron chi connectivity index (χ3n) is 5.34. The van der Waals surface area contributed by atoms with Gasteiger partial charge in [0.05, 0.1) is 0 Å². The molecule has 4 atom stereocenters. The summed E-state index contributed by atoms with van der Waals surface area (Å²) >= 11 is 0. The Morgan fingerprint density at radius 3 is 2.76 bits per heavy atom. The molecule has 0 N–H and O–H groups in total. The Kier molecular flexibility index (Phi) is 2.26. The molecule has 0 aromatic carbocycles. The van der Waals surface area contributed by atoms with E-state index in [4.69, 9.17) is 4.74 Å². The standard InChI is InChI=1S/C15H20O2/c1-9-5-4-8-15(9)10(2)6-7-12-11(3)14(16)17-13(12)15/h9,12-13H,2-8H2,1H3/t9-,12+,13-,15+/m0/s1. The van der Waals surface area contributed by atoms with Gasteiger partial charge in [0.1, 0.15) is 6.10 Å². The van der Waals surface area contributed by atoms with Gasteiger partial charge in [0.25, 0.3) is 0 Å². The summed E-state index contributed by atoms with van der Waals surface area (Å²) in [7, 11) is 0. The first-order valence-corrected chi connectivity index (χ1v) is 6.65. The van der Waals surface area contributed by atoms with E-state index >= 15 is 0 Å². The molecule has 1 saturated heterocycles. The van der Waals surface area contributed by atoms with Gasteiger partial charge in [-0.3, -0.25) is 0 Å². The van der Waals surface area contributed by atoms with Gasteiger partial charge in [-0.25, -0.2) is 4.79 Å². The van der Waals surface area contributed by atoms with Crippen molar-refractivity contribution in [2.45, 2.75) is 45.1 Å². The van der Waals surface area contributed by atoms with Gasteiger partial charge in [-0.05, 0) is 31.6 Å². The van der Waals surface area contributed by atoms with Crippen LogP contribution in [0.25, 0.3) is 0 Å². The lowest BCUT2D eigenvalue weighted by molar-refractivity contribution is -0.146. The summed E-state index contributed by atoms with van der Waals surface area (Å²) in [5, 5.41) is 0. The second kappa shape index (κ2) is 3.47. The lowest BCUT2D eigenvalue weighted by atomic mass is 9.60. The van der Waals surface area contributed by atoms with Crippen molar-refractivity contribution < 1.29 is 9.53 Å². The first kappa shape index (κ1) is 11.1. The van der Waals surface area contributed by atoms with Gasteiger partial charge in [-0.15, -0.1) is 0 Å². The van der Waals surface area contributed by atoms with Crippen LogP contribution in [0.5, 0.6) is 0 Å². The van der Waals surface area contributed by atoms with Gasteiger partial charge < -0.3 is 4.74 Å². The SMILES string of the molecule is C=C1C(=O)O[C@H]2[C@@H]1CCC(=C)[C@]21CCC[C@@H]1C. The first-order valence-electron chi connectivity index (χ1n) is 6.65. The number of hydrogen-bond acceptors (Lipinski definition) is 2. The number of carbonyl (C=O) groups is 1. The van der Waals surface area contributed by atoms with Gasteiger partial charge in [0, 0.05) is 16.9 Å². The number of carbonyl (C=O) groups excluding carboxylic acids is 1. The summed E-state index contributed by atoms with van der Waals surface area (Å²) in [5.41, 5.74) is 2.06.